The molecule has 1 saturated heterocycles. The van der Waals surface area contributed by atoms with Crippen molar-refractivity contribution in [3.05, 3.63) is 35.4 Å². The molecule has 1 aromatic carbocycles. The first-order valence-electron chi connectivity index (χ1n) is 10.5. The Hall–Kier alpha value is -1.35. The van der Waals surface area contributed by atoms with Crippen LogP contribution in [0.5, 0.6) is 0 Å². The van der Waals surface area contributed by atoms with Crippen LogP contribution in [0.25, 0.3) is 0 Å². The Balaban J connectivity index is 0.00000420. The minimum atomic E-state index is -0.234. The van der Waals surface area contributed by atoms with Crippen LogP contribution in [-0.4, -0.2) is 48.5 Å². The summed E-state index contributed by atoms with van der Waals surface area (Å²) in [6.45, 7) is 12.9. The molecule has 164 valence electrons. The Bertz CT molecular complexity index is 651. The van der Waals surface area contributed by atoms with Gasteiger partial charge in [-0.05, 0) is 64.8 Å². The van der Waals surface area contributed by atoms with E-state index < -0.39 is 0 Å². The third-order valence-corrected chi connectivity index (χ3v) is 4.64. The maximum atomic E-state index is 12.1. The first-order chi connectivity index (χ1) is 13.4. The Morgan fingerprint density at radius 1 is 1.07 bits per heavy atom. The van der Waals surface area contributed by atoms with Gasteiger partial charge in [-0.15, -0.1) is 24.0 Å². The molecule has 7 heteroatoms. The number of rotatable bonds is 7. The lowest BCUT2D eigenvalue weighted by molar-refractivity contribution is -0.121. The quantitative estimate of drug-likeness (QED) is 0.296. The van der Waals surface area contributed by atoms with Crippen LogP contribution in [0.3, 0.4) is 0 Å². The maximum Gasteiger partial charge on any atom is 0.239 e. The zero-order chi connectivity index (χ0) is 20.4. The zero-order valence-corrected chi connectivity index (χ0v) is 20.7. The van der Waals surface area contributed by atoms with E-state index >= 15 is 0 Å². The topological polar surface area (TPSA) is 68.8 Å². The lowest BCUT2D eigenvalue weighted by atomic mass is 10.1. The van der Waals surface area contributed by atoms with Crippen molar-refractivity contribution < 1.29 is 4.79 Å². The summed E-state index contributed by atoms with van der Waals surface area (Å²) in [4.78, 5) is 19.3. The predicted octanol–water partition coefficient (Wildman–Crippen LogP) is 3.26. The van der Waals surface area contributed by atoms with Crippen molar-refractivity contribution in [1.29, 1.82) is 0 Å². The van der Waals surface area contributed by atoms with E-state index in [0.717, 1.165) is 13.1 Å². The fraction of sp³-hybridized carbons (Fsp3) is 0.636. The summed E-state index contributed by atoms with van der Waals surface area (Å²) < 4.78 is 0. The maximum absolute atomic E-state index is 12.1. The molecule has 0 aromatic heterocycles. The number of hydrogen-bond donors (Lipinski definition) is 3. The molecule has 1 aromatic rings. The van der Waals surface area contributed by atoms with Gasteiger partial charge in [-0.2, -0.15) is 0 Å². The molecule has 0 unspecified atom stereocenters. The van der Waals surface area contributed by atoms with E-state index in [1.165, 1.54) is 43.5 Å². The van der Waals surface area contributed by atoms with Crippen LogP contribution in [0.1, 0.15) is 58.1 Å². The van der Waals surface area contributed by atoms with Gasteiger partial charge >= 0.3 is 0 Å². The number of aliphatic imine (C=N–C) groups is 1. The lowest BCUT2D eigenvalue weighted by Crippen LogP contribution is -2.48. The molecular formula is C22H38IN5O. The minimum Gasteiger partial charge on any atom is -0.357 e. The third-order valence-electron chi connectivity index (χ3n) is 4.64. The molecule has 6 nitrogen and oxygen atoms in total. The zero-order valence-electron chi connectivity index (χ0n) is 18.4. The standard InChI is InChI=1S/C22H37N5O.HI/c1-5-23-21(25-16-20(28)26-22(2,3)4)24-15-18-11-7-8-12-19(18)17-27-13-9-6-10-14-27;/h7-8,11-12H,5-6,9-10,13-17H2,1-4H3,(H,26,28)(H2,23,24,25);1H. The van der Waals surface area contributed by atoms with E-state index in [2.05, 4.69) is 45.1 Å². The fourth-order valence-electron chi connectivity index (χ4n) is 3.36. The van der Waals surface area contributed by atoms with Gasteiger partial charge in [0.1, 0.15) is 0 Å². The number of amides is 1. The van der Waals surface area contributed by atoms with Gasteiger partial charge in [0.25, 0.3) is 0 Å². The molecule has 0 bridgehead atoms. The Kier molecular flexibility index (Phi) is 11.6. The van der Waals surface area contributed by atoms with Crippen molar-refractivity contribution in [1.82, 2.24) is 20.9 Å². The largest absolute Gasteiger partial charge is 0.357 e. The SMILES string of the molecule is CCNC(=NCc1ccccc1CN1CCCCC1)NCC(=O)NC(C)(C)C.I. The smallest absolute Gasteiger partial charge is 0.239 e. The van der Waals surface area contributed by atoms with Crippen LogP contribution in [0.15, 0.2) is 29.3 Å². The molecule has 0 aliphatic carbocycles. The number of likely N-dealkylation sites (tertiary alicyclic amines) is 1. The highest BCUT2D eigenvalue weighted by atomic mass is 127. The Morgan fingerprint density at radius 2 is 1.72 bits per heavy atom. The van der Waals surface area contributed by atoms with E-state index in [-0.39, 0.29) is 42.0 Å². The van der Waals surface area contributed by atoms with Crippen LogP contribution in [0.2, 0.25) is 0 Å². The number of carbonyl (C=O) groups excluding carboxylic acids is 1. The molecule has 1 aliphatic rings. The van der Waals surface area contributed by atoms with E-state index in [1.807, 2.05) is 27.7 Å². The van der Waals surface area contributed by atoms with E-state index in [0.29, 0.717) is 12.5 Å². The molecule has 0 radical (unpaired) electrons. The van der Waals surface area contributed by atoms with Gasteiger partial charge < -0.3 is 16.0 Å². The second kappa shape index (κ2) is 13.1. The first-order valence-corrected chi connectivity index (χ1v) is 10.5. The molecule has 1 aliphatic heterocycles. The summed E-state index contributed by atoms with van der Waals surface area (Å²) in [5.74, 6) is 0.628. The molecule has 0 saturated carbocycles. The van der Waals surface area contributed by atoms with Crippen molar-refractivity contribution in [2.45, 2.75) is 65.6 Å². The molecule has 3 N–H and O–H groups in total. The minimum absolute atomic E-state index is 0. The number of guanidine groups is 1. The molecule has 2 rings (SSSR count). The molecule has 1 heterocycles. The van der Waals surface area contributed by atoms with Gasteiger partial charge in [-0.25, -0.2) is 4.99 Å². The molecule has 0 spiro atoms. The average molecular weight is 515 g/mol. The number of hydrogen-bond acceptors (Lipinski definition) is 3. The van der Waals surface area contributed by atoms with Crippen LogP contribution < -0.4 is 16.0 Å². The number of carbonyl (C=O) groups is 1. The third kappa shape index (κ3) is 10.3. The Labute approximate surface area is 193 Å². The Morgan fingerprint density at radius 3 is 2.34 bits per heavy atom. The molecule has 29 heavy (non-hydrogen) atoms. The summed E-state index contributed by atoms with van der Waals surface area (Å²) in [5, 5.41) is 9.31. The molecule has 1 amide bonds. The second-order valence-corrected chi connectivity index (χ2v) is 8.45. The summed E-state index contributed by atoms with van der Waals surface area (Å²) in [7, 11) is 0. The first kappa shape index (κ1) is 25.7. The fourth-order valence-corrected chi connectivity index (χ4v) is 3.36. The van der Waals surface area contributed by atoms with Gasteiger partial charge in [-0.1, -0.05) is 30.7 Å². The van der Waals surface area contributed by atoms with E-state index in [1.54, 1.807) is 0 Å². The number of halogens is 1. The van der Waals surface area contributed by atoms with Crippen molar-refractivity contribution in [3.63, 3.8) is 0 Å². The van der Waals surface area contributed by atoms with Crippen LogP contribution in [-0.2, 0) is 17.9 Å². The van der Waals surface area contributed by atoms with Crippen LogP contribution in [0.4, 0.5) is 0 Å². The normalized spacial score (nSPS) is 15.4. The van der Waals surface area contributed by atoms with Crippen LogP contribution >= 0.6 is 24.0 Å². The van der Waals surface area contributed by atoms with Crippen LogP contribution in [0, 0.1) is 0 Å². The number of benzene rings is 1. The van der Waals surface area contributed by atoms with Crippen molar-refractivity contribution in [2.75, 3.05) is 26.2 Å². The molecule has 0 atom stereocenters. The summed E-state index contributed by atoms with van der Waals surface area (Å²) >= 11 is 0. The molecule has 1 fully saturated rings. The van der Waals surface area contributed by atoms with E-state index in [9.17, 15) is 4.79 Å². The van der Waals surface area contributed by atoms with Gasteiger partial charge in [0.15, 0.2) is 5.96 Å². The highest BCUT2D eigenvalue weighted by molar-refractivity contribution is 14.0. The molecular weight excluding hydrogens is 477 g/mol. The summed E-state index contributed by atoms with van der Waals surface area (Å²) in [6.07, 6.45) is 3.94. The van der Waals surface area contributed by atoms with Gasteiger partial charge in [0, 0.05) is 18.6 Å². The second-order valence-electron chi connectivity index (χ2n) is 8.45. The highest BCUT2D eigenvalue weighted by Gasteiger charge is 2.14. The number of nitrogens with zero attached hydrogens (tertiary/aromatic N) is 2. The van der Waals surface area contributed by atoms with E-state index in [4.69, 9.17) is 4.99 Å². The average Bonchev–Trinajstić information content (AvgIpc) is 2.64. The number of piperidine rings is 1. The van der Waals surface area contributed by atoms with Gasteiger partial charge in [0.05, 0.1) is 13.1 Å². The monoisotopic (exact) mass is 515 g/mol. The summed E-state index contributed by atoms with van der Waals surface area (Å²) in [6, 6.07) is 8.53. The van der Waals surface area contributed by atoms with Gasteiger partial charge in [-0.3, -0.25) is 9.69 Å². The van der Waals surface area contributed by atoms with Crippen molar-refractivity contribution >= 4 is 35.8 Å². The lowest BCUT2D eigenvalue weighted by Gasteiger charge is -2.27. The number of nitrogens with one attached hydrogen (secondary N) is 3. The summed E-state index contributed by atoms with van der Waals surface area (Å²) in [5.41, 5.74) is 2.35. The van der Waals surface area contributed by atoms with Crippen molar-refractivity contribution in [3.8, 4) is 0 Å². The predicted molar refractivity (Wildman–Crippen MR) is 132 cm³/mol. The highest BCUT2D eigenvalue weighted by Crippen LogP contribution is 2.16. The van der Waals surface area contributed by atoms with Gasteiger partial charge in [0.2, 0.25) is 5.91 Å². The van der Waals surface area contributed by atoms with Crippen molar-refractivity contribution in [2.24, 2.45) is 4.99 Å².